The fourth-order valence-electron chi connectivity index (χ4n) is 3.94. The van der Waals surface area contributed by atoms with E-state index in [1.54, 1.807) is 33.9 Å². The Morgan fingerprint density at radius 3 is 2.68 bits per heavy atom. The summed E-state index contributed by atoms with van der Waals surface area (Å²) >= 11 is 0. The molecule has 0 N–H and O–H groups in total. The van der Waals surface area contributed by atoms with Crippen molar-refractivity contribution in [1.29, 1.82) is 0 Å². The normalized spacial score (nSPS) is 28.2. The van der Waals surface area contributed by atoms with Crippen LogP contribution in [0.4, 0.5) is 4.39 Å². The van der Waals surface area contributed by atoms with E-state index in [4.69, 9.17) is 4.74 Å². The molecule has 2 saturated heterocycles. The predicted molar refractivity (Wildman–Crippen MR) is 86.6 cm³/mol. The molecule has 1 aromatic rings. The number of carbonyl (C=O) groups excluding carboxylic acids is 2. The van der Waals surface area contributed by atoms with Gasteiger partial charge in [-0.05, 0) is 19.3 Å². The fourth-order valence-corrected chi connectivity index (χ4v) is 3.94. The molecule has 0 unspecified atom stereocenters. The summed E-state index contributed by atoms with van der Waals surface area (Å²) in [5.41, 5.74) is -1.13. The number of fused-ring (bicyclic) bond motifs is 1. The Balaban J connectivity index is 1.44. The monoisotopic (exact) mass is 350 g/mol. The van der Waals surface area contributed by atoms with Crippen molar-refractivity contribution >= 4 is 11.8 Å². The van der Waals surface area contributed by atoms with E-state index in [1.165, 1.54) is 0 Å². The Morgan fingerprint density at radius 1 is 1.28 bits per heavy atom. The molecule has 3 fully saturated rings. The highest BCUT2D eigenvalue weighted by Gasteiger charge is 2.50. The van der Waals surface area contributed by atoms with Crippen molar-refractivity contribution in [3.05, 3.63) is 18.0 Å². The molecule has 1 aliphatic carbocycles. The van der Waals surface area contributed by atoms with E-state index >= 15 is 0 Å². The highest BCUT2D eigenvalue weighted by molar-refractivity contribution is 5.93. The quantitative estimate of drug-likeness (QED) is 0.784. The van der Waals surface area contributed by atoms with Gasteiger partial charge in [0.25, 0.3) is 11.8 Å². The molecule has 0 aromatic carbocycles. The van der Waals surface area contributed by atoms with Crippen LogP contribution < -0.4 is 0 Å². The average molecular weight is 350 g/mol. The first-order valence-corrected chi connectivity index (χ1v) is 8.84. The van der Waals surface area contributed by atoms with Gasteiger partial charge in [-0.25, -0.2) is 4.39 Å². The van der Waals surface area contributed by atoms with Crippen LogP contribution in [0.5, 0.6) is 0 Å². The van der Waals surface area contributed by atoms with Gasteiger partial charge in [0.15, 0.2) is 5.67 Å². The van der Waals surface area contributed by atoms with Gasteiger partial charge in [0.05, 0.1) is 24.5 Å². The lowest BCUT2D eigenvalue weighted by atomic mass is 9.81. The van der Waals surface area contributed by atoms with Crippen LogP contribution in [0.2, 0.25) is 0 Å². The molecule has 136 valence electrons. The van der Waals surface area contributed by atoms with Gasteiger partial charge >= 0.3 is 0 Å². The first-order chi connectivity index (χ1) is 12.0. The van der Waals surface area contributed by atoms with Gasteiger partial charge in [0.1, 0.15) is 0 Å². The molecule has 2 atom stereocenters. The second kappa shape index (κ2) is 6.09. The maximum atomic E-state index is 14.4. The van der Waals surface area contributed by atoms with E-state index in [1.807, 2.05) is 0 Å². The van der Waals surface area contributed by atoms with E-state index in [2.05, 4.69) is 5.10 Å². The number of rotatable bonds is 2. The molecule has 1 aromatic heterocycles. The number of hydrogen-bond donors (Lipinski definition) is 0. The number of aryl methyl sites for hydroxylation is 1. The molecule has 3 aliphatic rings. The lowest BCUT2D eigenvalue weighted by molar-refractivity contribution is -0.149. The lowest BCUT2D eigenvalue weighted by Crippen LogP contribution is -2.50. The van der Waals surface area contributed by atoms with Crippen molar-refractivity contribution in [2.45, 2.75) is 31.0 Å². The standard InChI is InChI=1S/C17H23FN4O3/c1-20-8-12(7-19-20)15(23)21-5-6-25-14-11-22(10-13(14)9-21)16(24)17(18)3-2-4-17/h7-8,13-14H,2-6,9-11H2,1H3/t13-,14+/m0/s1. The average Bonchev–Trinajstić information content (AvgIpc) is 3.12. The number of amides is 2. The number of hydrogen-bond acceptors (Lipinski definition) is 4. The number of alkyl halides is 1. The summed E-state index contributed by atoms with van der Waals surface area (Å²) in [7, 11) is 1.77. The summed E-state index contributed by atoms with van der Waals surface area (Å²) in [4.78, 5) is 28.4. The Bertz CT molecular complexity index is 687. The summed E-state index contributed by atoms with van der Waals surface area (Å²) in [6.45, 7) is 2.33. The van der Waals surface area contributed by atoms with Gasteiger partial charge in [0.2, 0.25) is 0 Å². The maximum absolute atomic E-state index is 14.4. The number of carbonyl (C=O) groups is 2. The highest BCUT2D eigenvalue weighted by Crippen LogP contribution is 2.39. The molecule has 2 amide bonds. The van der Waals surface area contributed by atoms with Crippen molar-refractivity contribution < 1.29 is 18.7 Å². The number of ether oxygens (including phenoxy) is 1. The van der Waals surface area contributed by atoms with Crippen LogP contribution in [0, 0.1) is 5.92 Å². The van der Waals surface area contributed by atoms with Crippen LogP contribution in [0.25, 0.3) is 0 Å². The van der Waals surface area contributed by atoms with Gasteiger partial charge in [-0.3, -0.25) is 14.3 Å². The largest absolute Gasteiger partial charge is 0.374 e. The SMILES string of the molecule is Cn1cc(C(=O)N2CCO[C@@H]3CN(C(=O)C4(F)CCC4)C[C@@H]3C2)cn1. The van der Waals surface area contributed by atoms with E-state index in [-0.39, 0.29) is 17.9 Å². The summed E-state index contributed by atoms with van der Waals surface area (Å²) in [6.07, 6.45) is 4.54. The number of halogens is 1. The number of aromatic nitrogens is 2. The van der Waals surface area contributed by atoms with E-state index in [9.17, 15) is 14.0 Å². The zero-order valence-electron chi connectivity index (χ0n) is 14.4. The molecule has 25 heavy (non-hydrogen) atoms. The Hall–Kier alpha value is -1.96. The first-order valence-electron chi connectivity index (χ1n) is 8.84. The molecular weight excluding hydrogens is 327 g/mol. The Morgan fingerprint density at radius 2 is 2.04 bits per heavy atom. The molecule has 0 spiro atoms. The minimum atomic E-state index is -1.67. The molecule has 7 nitrogen and oxygen atoms in total. The molecular formula is C17H23FN4O3. The summed E-state index contributed by atoms with van der Waals surface area (Å²) < 4.78 is 21.9. The van der Waals surface area contributed by atoms with Crippen molar-refractivity contribution in [3.8, 4) is 0 Å². The molecule has 8 heteroatoms. The lowest BCUT2D eigenvalue weighted by Gasteiger charge is -2.35. The van der Waals surface area contributed by atoms with Crippen LogP contribution in [0.1, 0.15) is 29.6 Å². The number of nitrogens with zero attached hydrogens (tertiary/aromatic N) is 4. The molecule has 0 bridgehead atoms. The summed E-state index contributed by atoms with van der Waals surface area (Å²) in [5, 5.41) is 4.04. The smallest absolute Gasteiger partial charge is 0.260 e. The van der Waals surface area contributed by atoms with Gasteiger partial charge in [-0.2, -0.15) is 5.10 Å². The first kappa shape index (κ1) is 16.5. The zero-order valence-corrected chi connectivity index (χ0v) is 14.4. The van der Waals surface area contributed by atoms with E-state index in [0.29, 0.717) is 51.2 Å². The molecule has 4 rings (SSSR count). The Labute approximate surface area is 145 Å². The van der Waals surface area contributed by atoms with Crippen molar-refractivity contribution in [2.24, 2.45) is 13.0 Å². The molecule has 3 heterocycles. The third kappa shape index (κ3) is 2.92. The highest BCUT2D eigenvalue weighted by atomic mass is 19.1. The summed E-state index contributed by atoms with van der Waals surface area (Å²) in [6, 6.07) is 0. The minimum absolute atomic E-state index is 0.0238. The van der Waals surface area contributed by atoms with Crippen LogP contribution in [-0.4, -0.2) is 76.0 Å². The van der Waals surface area contributed by atoms with Crippen LogP contribution in [0.3, 0.4) is 0 Å². The van der Waals surface area contributed by atoms with Gasteiger partial charge in [-0.1, -0.05) is 0 Å². The third-order valence-corrected chi connectivity index (χ3v) is 5.58. The van der Waals surface area contributed by atoms with Crippen LogP contribution in [0.15, 0.2) is 12.4 Å². The van der Waals surface area contributed by atoms with Crippen molar-refractivity contribution in [1.82, 2.24) is 19.6 Å². The summed E-state index contributed by atoms with van der Waals surface area (Å²) in [5.74, 6) is -0.459. The van der Waals surface area contributed by atoms with Crippen LogP contribution in [-0.2, 0) is 16.6 Å². The molecule has 0 radical (unpaired) electrons. The fraction of sp³-hybridized carbons (Fsp3) is 0.706. The van der Waals surface area contributed by atoms with E-state index < -0.39 is 11.6 Å². The maximum Gasteiger partial charge on any atom is 0.260 e. The number of likely N-dealkylation sites (tertiary alicyclic amines) is 1. The Kier molecular flexibility index (Phi) is 4.02. The predicted octanol–water partition coefficient (Wildman–Crippen LogP) is 0.612. The minimum Gasteiger partial charge on any atom is -0.374 e. The zero-order chi connectivity index (χ0) is 17.6. The van der Waals surface area contributed by atoms with Crippen LogP contribution >= 0.6 is 0 Å². The van der Waals surface area contributed by atoms with Gasteiger partial charge in [-0.15, -0.1) is 0 Å². The van der Waals surface area contributed by atoms with E-state index in [0.717, 1.165) is 6.42 Å². The van der Waals surface area contributed by atoms with Crippen molar-refractivity contribution in [3.63, 3.8) is 0 Å². The second-order valence-corrected chi connectivity index (χ2v) is 7.35. The molecule has 1 saturated carbocycles. The van der Waals surface area contributed by atoms with Gasteiger partial charge in [0, 0.05) is 45.3 Å². The van der Waals surface area contributed by atoms with Gasteiger partial charge < -0.3 is 14.5 Å². The molecule has 2 aliphatic heterocycles. The third-order valence-electron chi connectivity index (χ3n) is 5.58. The second-order valence-electron chi connectivity index (χ2n) is 7.35. The topological polar surface area (TPSA) is 67.7 Å². The van der Waals surface area contributed by atoms with Crippen molar-refractivity contribution in [2.75, 3.05) is 32.8 Å².